The number of aromatic hydroxyl groups is 2. The second-order valence-electron chi connectivity index (χ2n) is 2.63. The van der Waals surface area contributed by atoms with Gasteiger partial charge in [-0.25, -0.2) is 8.78 Å². The lowest BCUT2D eigenvalue weighted by Gasteiger charge is -2.09. The predicted molar refractivity (Wildman–Crippen MR) is 40.3 cm³/mol. The summed E-state index contributed by atoms with van der Waals surface area (Å²) in [5.74, 6) is -4.31. The van der Waals surface area contributed by atoms with Crippen LogP contribution in [0.5, 0.6) is 11.5 Å². The van der Waals surface area contributed by atoms with E-state index >= 15 is 0 Å². The van der Waals surface area contributed by atoms with Crippen molar-refractivity contribution in [2.24, 2.45) is 0 Å². The molecule has 0 amide bonds. The summed E-state index contributed by atoms with van der Waals surface area (Å²) in [6.45, 7) is 1.13. The van der Waals surface area contributed by atoms with Gasteiger partial charge in [0.1, 0.15) is 0 Å². The maximum absolute atomic E-state index is 12.9. The van der Waals surface area contributed by atoms with Gasteiger partial charge in [0.25, 0.3) is 0 Å². The van der Waals surface area contributed by atoms with Crippen LogP contribution in [0.1, 0.15) is 18.6 Å². The van der Waals surface area contributed by atoms with Gasteiger partial charge in [0.2, 0.25) is 0 Å². The quantitative estimate of drug-likeness (QED) is 0.627. The Morgan fingerprint density at radius 3 is 1.85 bits per heavy atom. The summed E-state index contributed by atoms with van der Waals surface area (Å²) in [6.07, 6.45) is -1.43. The fraction of sp³-hybridized carbons (Fsp3) is 0.250. The molecule has 0 fully saturated rings. The van der Waals surface area contributed by atoms with Gasteiger partial charge in [0.15, 0.2) is 23.1 Å². The van der Waals surface area contributed by atoms with Crippen LogP contribution in [0.25, 0.3) is 0 Å². The monoisotopic (exact) mass is 190 g/mol. The minimum Gasteiger partial charge on any atom is -0.505 e. The normalized spacial score (nSPS) is 12.9. The zero-order chi connectivity index (χ0) is 10.2. The van der Waals surface area contributed by atoms with Crippen LogP contribution in [-0.2, 0) is 0 Å². The minimum atomic E-state index is -1.43. The first-order valence-corrected chi connectivity index (χ1v) is 3.53. The first kappa shape index (κ1) is 9.73. The average molecular weight is 190 g/mol. The van der Waals surface area contributed by atoms with E-state index in [0.717, 1.165) is 6.92 Å². The van der Waals surface area contributed by atoms with Crippen LogP contribution in [0, 0.1) is 11.6 Å². The number of benzene rings is 1. The van der Waals surface area contributed by atoms with Crippen molar-refractivity contribution >= 4 is 0 Å². The summed E-state index contributed by atoms with van der Waals surface area (Å²) in [6, 6.07) is 0.538. The summed E-state index contributed by atoms with van der Waals surface area (Å²) < 4.78 is 25.9. The first-order valence-electron chi connectivity index (χ1n) is 3.53. The standard InChI is InChI=1S/C8H8F2O3/c1-3(11)6-7(9)4(12)2-5(13)8(6)10/h2-3,11-13H,1H3. The van der Waals surface area contributed by atoms with Crippen LogP contribution >= 0.6 is 0 Å². The summed E-state index contributed by atoms with van der Waals surface area (Å²) in [4.78, 5) is 0. The van der Waals surface area contributed by atoms with Gasteiger partial charge < -0.3 is 15.3 Å². The van der Waals surface area contributed by atoms with Gasteiger partial charge in [-0.2, -0.15) is 0 Å². The molecule has 1 unspecified atom stereocenters. The van der Waals surface area contributed by atoms with E-state index in [1.807, 2.05) is 0 Å². The fourth-order valence-electron chi connectivity index (χ4n) is 0.995. The minimum absolute atomic E-state index is 0.538. The molecule has 3 nitrogen and oxygen atoms in total. The van der Waals surface area contributed by atoms with Gasteiger partial charge in [-0.15, -0.1) is 0 Å². The lowest BCUT2D eigenvalue weighted by molar-refractivity contribution is 0.185. The van der Waals surface area contributed by atoms with Gasteiger partial charge >= 0.3 is 0 Å². The number of phenols is 2. The molecule has 0 spiro atoms. The maximum atomic E-state index is 12.9. The highest BCUT2D eigenvalue weighted by atomic mass is 19.1. The topological polar surface area (TPSA) is 60.7 Å². The molecule has 3 N–H and O–H groups in total. The molecule has 0 aromatic heterocycles. The Hall–Kier alpha value is -1.36. The van der Waals surface area contributed by atoms with Crippen molar-refractivity contribution in [3.05, 3.63) is 23.3 Å². The number of rotatable bonds is 1. The molecule has 72 valence electrons. The summed E-state index contributed by atoms with van der Waals surface area (Å²) >= 11 is 0. The van der Waals surface area contributed by atoms with Gasteiger partial charge in [-0.1, -0.05) is 0 Å². The number of hydrogen-bond donors (Lipinski definition) is 3. The Bertz CT molecular complexity index is 310. The highest BCUT2D eigenvalue weighted by molar-refractivity contribution is 5.40. The maximum Gasteiger partial charge on any atom is 0.173 e. The lowest BCUT2D eigenvalue weighted by atomic mass is 10.1. The number of aliphatic hydroxyl groups excluding tert-OH is 1. The molecule has 0 aliphatic heterocycles. The lowest BCUT2D eigenvalue weighted by Crippen LogP contribution is -2.00. The molecule has 1 atom stereocenters. The molecule has 1 aromatic rings. The van der Waals surface area contributed by atoms with Crippen LogP contribution in [0.15, 0.2) is 6.07 Å². The highest BCUT2D eigenvalue weighted by Gasteiger charge is 2.21. The third-order valence-corrected chi connectivity index (χ3v) is 1.61. The molecular formula is C8H8F2O3. The molecule has 0 aliphatic rings. The predicted octanol–water partition coefficient (Wildman–Crippen LogP) is 1.43. The molecule has 0 saturated carbocycles. The molecule has 0 saturated heterocycles. The Morgan fingerprint density at radius 1 is 1.15 bits per heavy atom. The van der Waals surface area contributed by atoms with E-state index in [9.17, 15) is 8.78 Å². The van der Waals surface area contributed by atoms with Crippen LogP contribution in [0.2, 0.25) is 0 Å². The van der Waals surface area contributed by atoms with Crippen LogP contribution in [-0.4, -0.2) is 15.3 Å². The number of hydrogen-bond acceptors (Lipinski definition) is 3. The Labute approximate surface area is 72.9 Å². The summed E-state index contributed by atoms with van der Waals surface area (Å²) in [5.41, 5.74) is -0.738. The van der Waals surface area contributed by atoms with Crippen molar-refractivity contribution in [2.45, 2.75) is 13.0 Å². The third kappa shape index (κ3) is 1.55. The SMILES string of the molecule is CC(O)c1c(F)c(O)cc(O)c1F. The van der Waals surface area contributed by atoms with Gasteiger partial charge in [-0.05, 0) is 6.92 Å². The third-order valence-electron chi connectivity index (χ3n) is 1.61. The molecule has 1 aromatic carbocycles. The van der Waals surface area contributed by atoms with E-state index in [0.29, 0.717) is 6.07 Å². The van der Waals surface area contributed by atoms with Crippen molar-refractivity contribution in [3.8, 4) is 11.5 Å². The van der Waals surface area contributed by atoms with E-state index in [4.69, 9.17) is 15.3 Å². The van der Waals surface area contributed by atoms with Gasteiger partial charge in [0, 0.05) is 6.07 Å². The Kier molecular flexibility index (Phi) is 2.38. The van der Waals surface area contributed by atoms with E-state index < -0.39 is 34.8 Å². The largest absolute Gasteiger partial charge is 0.505 e. The molecule has 0 radical (unpaired) electrons. The summed E-state index contributed by atoms with van der Waals surface area (Å²) in [5, 5.41) is 26.6. The van der Waals surface area contributed by atoms with E-state index in [1.165, 1.54) is 0 Å². The zero-order valence-electron chi connectivity index (χ0n) is 6.75. The average Bonchev–Trinajstić information content (AvgIpc) is 2.01. The van der Waals surface area contributed by atoms with Crippen LogP contribution in [0.3, 0.4) is 0 Å². The van der Waals surface area contributed by atoms with Gasteiger partial charge in [-0.3, -0.25) is 0 Å². The van der Waals surface area contributed by atoms with Crippen LogP contribution < -0.4 is 0 Å². The molecule has 0 heterocycles. The van der Waals surface area contributed by atoms with Crippen molar-refractivity contribution in [1.29, 1.82) is 0 Å². The van der Waals surface area contributed by atoms with Gasteiger partial charge in [0.05, 0.1) is 11.7 Å². The molecule has 0 bridgehead atoms. The van der Waals surface area contributed by atoms with E-state index in [1.54, 1.807) is 0 Å². The molecule has 1 rings (SSSR count). The molecule has 5 heteroatoms. The Balaban J connectivity index is 3.46. The van der Waals surface area contributed by atoms with Crippen molar-refractivity contribution in [1.82, 2.24) is 0 Å². The molecule has 0 aliphatic carbocycles. The zero-order valence-corrected chi connectivity index (χ0v) is 6.75. The second kappa shape index (κ2) is 3.18. The number of aliphatic hydroxyl groups is 1. The van der Waals surface area contributed by atoms with Crippen molar-refractivity contribution in [2.75, 3.05) is 0 Å². The van der Waals surface area contributed by atoms with Crippen LogP contribution in [0.4, 0.5) is 8.78 Å². The number of phenolic OH excluding ortho intramolecular Hbond substituents is 2. The first-order chi connectivity index (χ1) is 5.95. The Morgan fingerprint density at radius 2 is 1.54 bits per heavy atom. The number of halogens is 2. The molecule has 13 heavy (non-hydrogen) atoms. The van der Waals surface area contributed by atoms with Crippen molar-refractivity contribution in [3.63, 3.8) is 0 Å². The van der Waals surface area contributed by atoms with E-state index in [2.05, 4.69) is 0 Å². The van der Waals surface area contributed by atoms with Crippen molar-refractivity contribution < 1.29 is 24.1 Å². The van der Waals surface area contributed by atoms with E-state index in [-0.39, 0.29) is 0 Å². The fourth-order valence-corrected chi connectivity index (χ4v) is 0.995. The highest BCUT2D eigenvalue weighted by Crippen LogP contribution is 2.32. The second-order valence-corrected chi connectivity index (χ2v) is 2.63. The summed E-state index contributed by atoms with van der Waals surface area (Å²) in [7, 11) is 0. The smallest absolute Gasteiger partial charge is 0.173 e. The molecular weight excluding hydrogens is 182 g/mol.